The molecule has 1 rings (SSSR count). The molecule has 0 saturated heterocycles. The van der Waals surface area contributed by atoms with Gasteiger partial charge in [-0.05, 0) is 38.5 Å². The smallest absolute Gasteiger partial charge is 0.345 e. The van der Waals surface area contributed by atoms with Crippen LogP contribution in [0.15, 0.2) is 38.9 Å². The quantitative estimate of drug-likeness (QED) is 0.0324. The summed E-state index contributed by atoms with van der Waals surface area (Å²) in [5.41, 5.74) is 0. The Kier molecular flexibility index (Phi) is 47.3. The Bertz CT molecular complexity index is 1240. The van der Waals surface area contributed by atoms with E-state index in [1.807, 2.05) is 12.2 Å². The molecule has 0 N–H and O–H groups in total. The third kappa shape index (κ3) is 37.4. The molecular weight excluding hydrogens is 927 g/mol. The van der Waals surface area contributed by atoms with Gasteiger partial charge in [-0.15, -0.1) is 13.2 Å². The van der Waals surface area contributed by atoms with Crippen molar-refractivity contribution in [2.24, 2.45) is 13.5 Å². The van der Waals surface area contributed by atoms with Gasteiger partial charge in [-0.1, -0.05) is 128 Å². The van der Waals surface area contributed by atoms with E-state index < -0.39 is 22.5 Å². The van der Waals surface area contributed by atoms with E-state index in [0.29, 0.717) is 105 Å². The van der Waals surface area contributed by atoms with Gasteiger partial charge in [0.05, 0.1) is 106 Å². The molecule has 68 heavy (non-hydrogen) atoms. The predicted molar refractivity (Wildman–Crippen MR) is 284 cm³/mol. The molecule has 1 aliphatic heterocycles. The maximum absolute atomic E-state index is 6.98. The molecule has 0 amide bonds. The van der Waals surface area contributed by atoms with Crippen LogP contribution in [0.25, 0.3) is 0 Å². The average Bonchev–Trinajstić information content (AvgIpc) is 3.34. The van der Waals surface area contributed by atoms with Crippen LogP contribution in [0.2, 0.25) is 0 Å². The van der Waals surface area contributed by atoms with E-state index >= 15 is 0 Å². The van der Waals surface area contributed by atoms with Gasteiger partial charge < -0.3 is 56.0 Å². The average molecular weight is 1030 g/mol. The van der Waals surface area contributed by atoms with E-state index in [1.165, 1.54) is 103 Å². The number of methoxy groups -OCH3 is 4. The summed E-state index contributed by atoms with van der Waals surface area (Å²) in [7, 11) is -2.69. The van der Waals surface area contributed by atoms with Gasteiger partial charge >= 0.3 is 7.66 Å². The molecule has 0 saturated carbocycles. The Balaban J connectivity index is 3.50. The first-order valence-electron chi connectivity index (χ1n) is 26.4. The second kappa shape index (κ2) is 48.9. The highest BCUT2D eigenvalue weighted by Gasteiger charge is 2.40. The van der Waals surface area contributed by atoms with Crippen molar-refractivity contribution >= 4 is 22.5 Å². The van der Waals surface area contributed by atoms with Crippen molar-refractivity contribution in [3.8, 4) is 0 Å². The van der Waals surface area contributed by atoms with E-state index in [1.54, 1.807) is 28.4 Å². The van der Waals surface area contributed by atoms with Crippen molar-refractivity contribution < 1.29 is 56.0 Å². The van der Waals surface area contributed by atoms with Gasteiger partial charge in [0.15, 0.2) is 0 Å². The first-order chi connectivity index (χ1) is 33.5. The molecule has 1 aliphatic rings. The fraction of sp³-hybridized carbons (Fsp3) is 0.920. The number of allylic oxidation sites excluding steroid dienone is 2. The van der Waals surface area contributed by atoms with Gasteiger partial charge in [0.25, 0.3) is 0 Å². The maximum atomic E-state index is 6.98. The third-order valence-electron chi connectivity index (χ3n) is 11.3. The van der Waals surface area contributed by atoms with Gasteiger partial charge in [-0.2, -0.15) is 13.5 Å². The number of unbranched alkanes of at least 4 members (excludes halogenated alkanes) is 22. The van der Waals surface area contributed by atoms with Crippen molar-refractivity contribution in [1.82, 2.24) is 0 Å². The molecule has 0 aromatic rings. The Labute approximate surface area is 416 Å². The highest BCUT2D eigenvalue weighted by molar-refractivity contribution is 7.81. The van der Waals surface area contributed by atoms with E-state index in [9.17, 15) is 0 Å². The van der Waals surface area contributed by atoms with E-state index in [2.05, 4.69) is 13.2 Å². The predicted octanol–water partition coefficient (Wildman–Crippen LogP) is 14.5. The van der Waals surface area contributed by atoms with Gasteiger partial charge in [0, 0.05) is 40.8 Å². The second-order valence-electron chi connectivity index (χ2n) is 17.2. The number of rotatable bonds is 56. The minimum absolute atomic E-state index is 0.221. The minimum atomic E-state index is -3.40. The van der Waals surface area contributed by atoms with E-state index in [4.69, 9.17) is 69.5 Å². The zero-order valence-corrected chi connectivity index (χ0v) is 46.5. The van der Waals surface area contributed by atoms with Crippen LogP contribution in [-0.2, 0) is 56.0 Å². The summed E-state index contributed by atoms with van der Waals surface area (Å²) in [4.78, 5) is 0. The van der Waals surface area contributed by atoms with Gasteiger partial charge in [-0.25, -0.2) is 0 Å². The molecule has 0 aliphatic carbocycles. The summed E-state index contributed by atoms with van der Waals surface area (Å²) in [6, 6.07) is 0. The molecule has 2 atom stereocenters. The zero-order valence-electron chi connectivity index (χ0n) is 43.8. The van der Waals surface area contributed by atoms with E-state index in [-0.39, 0.29) is 13.2 Å². The normalized spacial score (nSPS) is 17.8. The highest BCUT2D eigenvalue weighted by atomic mass is 31.3. The van der Waals surface area contributed by atoms with Crippen molar-refractivity contribution in [2.75, 3.05) is 146 Å². The molecular formula is C50H102N3O12P3. The summed E-state index contributed by atoms with van der Waals surface area (Å²) in [5.74, 6) is 0. The lowest BCUT2D eigenvalue weighted by atomic mass is 10.1. The van der Waals surface area contributed by atoms with Crippen molar-refractivity contribution in [1.29, 1.82) is 0 Å². The maximum Gasteiger partial charge on any atom is 0.345 e. The molecule has 15 nitrogen and oxygen atoms in total. The molecule has 2 unspecified atom stereocenters. The first kappa shape index (κ1) is 65.7. The third-order valence-corrected chi connectivity index (χ3v) is 21.6. The lowest BCUT2D eigenvalue weighted by Crippen LogP contribution is -2.13. The van der Waals surface area contributed by atoms with Gasteiger partial charge in [0.1, 0.15) is 0 Å². The number of nitrogens with zero attached hydrogens (tertiary/aromatic N) is 3. The molecule has 0 bridgehead atoms. The monoisotopic (exact) mass is 1030 g/mol. The molecule has 18 heteroatoms. The van der Waals surface area contributed by atoms with Crippen LogP contribution < -0.4 is 0 Å². The van der Waals surface area contributed by atoms with Crippen LogP contribution in [0.5, 0.6) is 0 Å². The molecule has 0 aromatic carbocycles. The van der Waals surface area contributed by atoms with Crippen LogP contribution in [0.3, 0.4) is 0 Å². The molecule has 0 radical (unpaired) electrons. The van der Waals surface area contributed by atoms with Gasteiger partial charge in [-0.3, -0.25) is 0 Å². The Morgan fingerprint density at radius 1 is 0.294 bits per heavy atom. The topological polar surface area (TPSA) is 148 Å². The first-order valence-corrected chi connectivity index (χ1v) is 31.6. The number of hydrogen-bond donors (Lipinski definition) is 0. The largest absolute Gasteiger partial charge is 0.382 e. The SMILES string of the molecule is C=CCCCCCCCCCCCCCP1(OCCOCCOC)=NP(CCCCCCCCCCCCCC=C)(OCCOCCOC)=NP(OCCOCCOC)(OCCOCCOC)=N1. The van der Waals surface area contributed by atoms with Crippen molar-refractivity contribution in [2.45, 2.75) is 154 Å². The number of ether oxygens (including phenoxy) is 8. The van der Waals surface area contributed by atoms with Gasteiger partial charge in [0.2, 0.25) is 14.9 Å². The number of hydrogen-bond acceptors (Lipinski definition) is 15. The van der Waals surface area contributed by atoms with E-state index in [0.717, 1.165) is 51.4 Å². The zero-order chi connectivity index (χ0) is 49.2. The summed E-state index contributed by atoms with van der Waals surface area (Å²) in [6.07, 6.45) is 34.4. The van der Waals surface area contributed by atoms with Crippen molar-refractivity contribution in [3.05, 3.63) is 25.3 Å². The second-order valence-corrected chi connectivity index (χ2v) is 24.9. The standard InChI is InChI=1S/C50H102N3O12P3/c1-7-9-11-13-15-17-19-21-23-25-27-29-31-49-66(62-45-41-58-37-33-54-3)51-67(63-46-42-59-38-34-55-4,50-32-30-28-26-24-22-20-18-16-14-12-10-8-2)53-68(52-66,64-47-43-60-39-35-56-5)65-48-44-61-40-36-57-6/h7-8H,1-2,9-50H2,3-6H3. The molecule has 0 aromatic heterocycles. The highest BCUT2D eigenvalue weighted by Crippen LogP contribution is 2.80. The minimum Gasteiger partial charge on any atom is -0.382 e. The fourth-order valence-corrected chi connectivity index (χ4v) is 19.5. The lowest BCUT2D eigenvalue weighted by Gasteiger charge is -2.35. The molecule has 404 valence electrons. The fourth-order valence-electron chi connectivity index (χ4n) is 7.46. The molecule has 0 spiro atoms. The van der Waals surface area contributed by atoms with Crippen LogP contribution in [0, 0.1) is 0 Å². The molecule has 0 fully saturated rings. The summed E-state index contributed by atoms with van der Waals surface area (Å²) in [6.45, 7) is 14.0. The van der Waals surface area contributed by atoms with Crippen LogP contribution >= 0.6 is 22.5 Å². The van der Waals surface area contributed by atoms with Crippen LogP contribution in [0.4, 0.5) is 0 Å². The molecule has 1 heterocycles. The Morgan fingerprint density at radius 3 is 0.868 bits per heavy atom. The van der Waals surface area contributed by atoms with Crippen molar-refractivity contribution in [3.63, 3.8) is 0 Å². The van der Waals surface area contributed by atoms with Crippen LogP contribution in [-0.4, -0.2) is 146 Å². The summed E-state index contributed by atoms with van der Waals surface area (Å²) >= 11 is 0. The Morgan fingerprint density at radius 2 is 0.559 bits per heavy atom. The summed E-state index contributed by atoms with van der Waals surface area (Å²) < 4.78 is 88.7. The van der Waals surface area contributed by atoms with Crippen LogP contribution in [0.1, 0.15) is 154 Å². The lowest BCUT2D eigenvalue weighted by molar-refractivity contribution is 0.0441. The summed E-state index contributed by atoms with van der Waals surface area (Å²) in [5, 5.41) is 0. The Hall–Kier alpha value is -0.310.